The summed E-state index contributed by atoms with van der Waals surface area (Å²) in [5.41, 5.74) is 0.397. The summed E-state index contributed by atoms with van der Waals surface area (Å²) in [5, 5.41) is 12.7. The molecule has 1 fully saturated rings. The quantitative estimate of drug-likeness (QED) is 0.865. The summed E-state index contributed by atoms with van der Waals surface area (Å²) in [7, 11) is 0. The van der Waals surface area contributed by atoms with Crippen molar-refractivity contribution in [3.05, 3.63) is 24.3 Å². The fourth-order valence-electron chi connectivity index (χ4n) is 2.79. The van der Waals surface area contributed by atoms with E-state index < -0.39 is 6.36 Å². The average Bonchev–Trinajstić information content (AvgIpc) is 2.45. The molecule has 0 spiro atoms. The van der Waals surface area contributed by atoms with Gasteiger partial charge in [-0.05, 0) is 25.0 Å². The number of rotatable bonds is 5. The van der Waals surface area contributed by atoms with Crippen LogP contribution in [0.2, 0.25) is 0 Å². The summed E-state index contributed by atoms with van der Waals surface area (Å²) < 4.78 is 40.5. The van der Waals surface area contributed by atoms with E-state index in [9.17, 15) is 18.3 Å². The van der Waals surface area contributed by atoms with Crippen LogP contribution in [0.3, 0.4) is 0 Å². The van der Waals surface area contributed by atoms with Crippen LogP contribution in [0, 0.1) is 5.41 Å². The van der Waals surface area contributed by atoms with Crippen molar-refractivity contribution in [2.45, 2.75) is 38.5 Å². The molecular formula is C15H20F3NO2. The molecule has 1 aromatic rings. The minimum absolute atomic E-state index is 0.0960. The lowest BCUT2D eigenvalue weighted by Gasteiger charge is -2.36. The maximum Gasteiger partial charge on any atom is 0.573 e. The minimum Gasteiger partial charge on any atom is -0.406 e. The number of benzene rings is 1. The molecule has 1 aromatic carbocycles. The van der Waals surface area contributed by atoms with Crippen LogP contribution >= 0.6 is 0 Å². The van der Waals surface area contributed by atoms with Gasteiger partial charge in [-0.3, -0.25) is 0 Å². The first-order valence-electron chi connectivity index (χ1n) is 7.13. The Morgan fingerprint density at radius 2 is 1.90 bits per heavy atom. The lowest BCUT2D eigenvalue weighted by atomic mass is 9.74. The number of anilines is 1. The van der Waals surface area contributed by atoms with E-state index in [2.05, 4.69) is 10.1 Å². The highest BCUT2D eigenvalue weighted by Gasteiger charge is 2.32. The molecule has 21 heavy (non-hydrogen) atoms. The van der Waals surface area contributed by atoms with Gasteiger partial charge in [0.2, 0.25) is 0 Å². The number of ether oxygens (including phenoxy) is 1. The summed E-state index contributed by atoms with van der Waals surface area (Å²) >= 11 is 0. The first kappa shape index (κ1) is 15.9. The third kappa shape index (κ3) is 4.81. The van der Waals surface area contributed by atoms with Gasteiger partial charge in [0.05, 0.1) is 6.61 Å². The lowest BCUT2D eigenvalue weighted by Crippen LogP contribution is -2.35. The zero-order chi connectivity index (χ0) is 15.3. The molecule has 1 saturated carbocycles. The first-order chi connectivity index (χ1) is 9.92. The van der Waals surface area contributed by atoms with Gasteiger partial charge in [-0.2, -0.15) is 0 Å². The Morgan fingerprint density at radius 3 is 2.52 bits per heavy atom. The third-order valence-electron chi connectivity index (χ3n) is 3.98. The zero-order valence-electron chi connectivity index (χ0n) is 11.7. The highest BCUT2D eigenvalue weighted by molar-refractivity contribution is 5.48. The third-order valence-corrected chi connectivity index (χ3v) is 3.98. The topological polar surface area (TPSA) is 41.5 Å². The summed E-state index contributed by atoms with van der Waals surface area (Å²) in [6.45, 7) is 0.651. The zero-order valence-corrected chi connectivity index (χ0v) is 11.7. The van der Waals surface area contributed by atoms with Crippen molar-refractivity contribution in [1.82, 2.24) is 0 Å². The number of alkyl halides is 3. The van der Waals surface area contributed by atoms with E-state index >= 15 is 0 Å². The molecule has 0 aromatic heterocycles. The molecule has 0 unspecified atom stereocenters. The molecule has 1 aliphatic rings. The van der Waals surface area contributed by atoms with E-state index in [4.69, 9.17) is 0 Å². The van der Waals surface area contributed by atoms with Crippen LogP contribution in [0.1, 0.15) is 32.1 Å². The van der Waals surface area contributed by atoms with Crippen molar-refractivity contribution in [3.63, 3.8) is 0 Å². The second kappa shape index (κ2) is 6.56. The van der Waals surface area contributed by atoms with Gasteiger partial charge in [0, 0.05) is 23.7 Å². The molecule has 0 radical (unpaired) electrons. The van der Waals surface area contributed by atoms with Gasteiger partial charge in [0.15, 0.2) is 0 Å². The Morgan fingerprint density at radius 1 is 1.19 bits per heavy atom. The monoisotopic (exact) mass is 303 g/mol. The summed E-state index contributed by atoms with van der Waals surface area (Å²) in [6.07, 6.45) is 0.536. The normalized spacial score (nSPS) is 18.3. The second-order valence-electron chi connectivity index (χ2n) is 5.65. The van der Waals surface area contributed by atoms with Gasteiger partial charge >= 0.3 is 6.36 Å². The Hall–Kier alpha value is -1.43. The first-order valence-corrected chi connectivity index (χ1v) is 7.13. The molecule has 2 N–H and O–H groups in total. The van der Waals surface area contributed by atoms with E-state index in [0.717, 1.165) is 25.7 Å². The maximum atomic E-state index is 12.2. The minimum atomic E-state index is -4.69. The summed E-state index contributed by atoms with van der Waals surface area (Å²) in [4.78, 5) is 0. The van der Waals surface area contributed by atoms with Crippen LogP contribution in [0.25, 0.3) is 0 Å². The van der Waals surface area contributed by atoms with Gasteiger partial charge in [-0.1, -0.05) is 25.3 Å². The Kier molecular flexibility index (Phi) is 4.98. The number of hydrogen-bond acceptors (Lipinski definition) is 3. The van der Waals surface area contributed by atoms with Crippen LogP contribution in [0.4, 0.5) is 18.9 Å². The summed E-state index contributed by atoms with van der Waals surface area (Å²) in [5.74, 6) is -0.241. The van der Waals surface area contributed by atoms with Crippen LogP contribution in [0.5, 0.6) is 5.75 Å². The van der Waals surface area contributed by atoms with Crippen LogP contribution in [-0.4, -0.2) is 24.6 Å². The SMILES string of the molecule is OCC1(CNc2cccc(OC(F)(F)F)c2)CCCCC1. The number of aliphatic hydroxyl groups is 1. The molecule has 0 aliphatic heterocycles. The lowest BCUT2D eigenvalue weighted by molar-refractivity contribution is -0.274. The second-order valence-corrected chi connectivity index (χ2v) is 5.65. The van der Waals surface area contributed by atoms with Gasteiger partial charge in [0.1, 0.15) is 5.75 Å². The molecule has 3 nitrogen and oxygen atoms in total. The molecule has 0 atom stereocenters. The van der Waals surface area contributed by atoms with Crippen LogP contribution in [-0.2, 0) is 0 Å². The van der Waals surface area contributed by atoms with E-state index in [1.807, 2.05) is 0 Å². The van der Waals surface area contributed by atoms with E-state index in [-0.39, 0.29) is 17.8 Å². The van der Waals surface area contributed by atoms with Gasteiger partial charge in [0.25, 0.3) is 0 Å². The fourth-order valence-corrected chi connectivity index (χ4v) is 2.79. The molecule has 1 aliphatic carbocycles. The van der Waals surface area contributed by atoms with Crippen molar-refractivity contribution in [3.8, 4) is 5.75 Å². The molecular weight excluding hydrogens is 283 g/mol. The predicted octanol–water partition coefficient (Wildman–Crippen LogP) is 3.94. The molecule has 6 heteroatoms. The van der Waals surface area contributed by atoms with Crippen molar-refractivity contribution in [1.29, 1.82) is 0 Å². The van der Waals surface area contributed by atoms with E-state index in [1.165, 1.54) is 24.6 Å². The molecule has 118 valence electrons. The number of aliphatic hydroxyl groups excluding tert-OH is 1. The van der Waals surface area contributed by atoms with Crippen molar-refractivity contribution in [2.24, 2.45) is 5.41 Å². The fraction of sp³-hybridized carbons (Fsp3) is 0.600. The molecule has 0 saturated heterocycles. The largest absolute Gasteiger partial charge is 0.573 e. The number of halogens is 3. The van der Waals surface area contributed by atoms with Crippen molar-refractivity contribution < 1.29 is 23.0 Å². The molecule has 0 heterocycles. The van der Waals surface area contributed by atoms with Gasteiger partial charge < -0.3 is 15.2 Å². The Labute approximate surface area is 122 Å². The molecule has 0 bridgehead atoms. The Bertz CT molecular complexity index is 456. The molecule has 2 rings (SSSR count). The maximum absolute atomic E-state index is 12.2. The summed E-state index contributed by atoms with van der Waals surface area (Å²) in [6, 6.07) is 5.79. The Balaban J connectivity index is 1.97. The van der Waals surface area contributed by atoms with Crippen molar-refractivity contribution >= 4 is 5.69 Å². The number of nitrogens with one attached hydrogen (secondary N) is 1. The standard InChI is InChI=1S/C15H20F3NO2/c16-15(17,18)21-13-6-4-5-12(9-13)19-10-14(11-20)7-2-1-3-8-14/h4-6,9,19-20H,1-3,7-8,10-11H2. The van der Waals surface area contributed by atoms with Gasteiger partial charge in [-0.15, -0.1) is 13.2 Å². The smallest absolute Gasteiger partial charge is 0.406 e. The highest BCUT2D eigenvalue weighted by atomic mass is 19.4. The van der Waals surface area contributed by atoms with Crippen molar-refractivity contribution in [2.75, 3.05) is 18.5 Å². The van der Waals surface area contributed by atoms with E-state index in [0.29, 0.717) is 12.2 Å². The predicted molar refractivity (Wildman–Crippen MR) is 74.2 cm³/mol. The highest BCUT2D eigenvalue weighted by Crippen LogP contribution is 2.36. The number of hydrogen-bond donors (Lipinski definition) is 2. The average molecular weight is 303 g/mol. The molecule has 0 amide bonds. The van der Waals surface area contributed by atoms with Gasteiger partial charge in [-0.25, -0.2) is 0 Å². The van der Waals surface area contributed by atoms with Crippen LogP contribution in [0.15, 0.2) is 24.3 Å². The van der Waals surface area contributed by atoms with E-state index in [1.54, 1.807) is 6.07 Å². The van der Waals surface area contributed by atoms with Crippen LogP contribution < -0.4 is 10.1 Å².